The molecule has 1 N–H and O–H groups in total. The highest BCUT2D eigenvalue weighted by molar-refractivity contribution is 6.04. The second-order valence-corrected chi connectivity index (χ2v) is 4.22. The van der Waals surface area contributed by atoms with Crippen molar-refractivity contribution in [2.45, 2.75) is 13.1 Å². The number of carbonyl (C=O) groups excluding carboxylic acids is 1. The van der Waals surface area contributed by atoms with E-state index in [1.165, 1.54) is 18.3 Å². The number of rotatable bonds is 2. The highest BCUT2D eigenvalue weighted by Gasteiger charge is 2.30. The third-order valence-electron chi connectivity index (χ3n) is 2.74. The van der Waals surface area contributed by atoms with E-state index in [1.807, 2.05) is 0 Å². The summed E-state index contributed by atoms with van der Waals surface area (Å²) < 4.78 is 37.7. The maximum Gasteiger partial charge on any atom is 0.416 e. The number of carbonyl (C=O) groups is 1. The molecule has 20 heavy (non-hydrogen) atoms. The van der Waals surface area contributed by atoms with E-state index in [-0.39, 0.29) is 5.56 Å². The molecular weight excluding hydrogens is 269 g/mol. The molecule has 1 aromatic carbocycles. The predicted molar refractivity (Wildman–Crippen MR) is 68.4 cm³/mol. The molecule has 0 aliphatic heterocycles. The van der Waals surface area contributed by atoms with Gasteiger partial charge in [-0.1, -0.05) is 6.07 Å². The van der Waals surface area contributed by atoms with Crippen LogP contribution in [-0.2, 0) is 6.18 Å². The maximum absolute atomic E-state index is 12.6. The Labute approximate surface area is 113 Å². The molecule has 0 saturated carbocycles. The van der Waals surface area contributed by atoms with Gasteiger partial charge in [-0.15, -0.1) is 0 Å². The van der Waals surface area contributed by atoms with E-state index in [0.29, 0.717) is 5.69 Å². The normalized spacial score (nSPS) is 11.2. The molecule has 1 heterocycles. The van der Waals surface area contributed by atoms with E-state index in [2.05, 4.69) is 10.3 Å². The number of aromatic nitrogens is 1. The lowest BCUT2D eigenvalue weighted by molar-refractivity contribution is -0.137. The minimum atomic E-state index is -4.47. The summed E-state index contributed by atoms with van der Waals surface area (Å²) in [5.41, 5.74) is 0.339. The molecule has 6 heteroatoms. The Morgan fingerprint density at radius 2 is 2.00 bits per heavy atom. The number of anilines is 1. The van der Waals surface area contributed by atoms with Crippen LogP contribution in [0, 0.1) is 6.92 Å². The van der Waals surface area contributed by atoms with Crippen molar-refractivity contribution in [2.75, 3.05) is 5.32 Å². The largest absolute Gasteiger partial charge is 0.416 e. The van der Waals surface area contributed by atoms with Crippen molar-refractivity contribution in [3.8, 4) is 0 Å². The van der Waals surface area contributed by atoms with Crippen molar-refractivity contribution in [2.24, 2.45) is 0 Å². The molecule has 0 spiro atoms. The van der Waals surface area contributed by atoms with E-state index >= 15 is 0 Å². The standard InChI is InChI=1S/C14H11F3N2O/c1-9-5-6-18-8-12(9)19-13(20)10-3-2-4-11(7-10)14(15,16)17/h2-8H,1H3,(H,19,20). The molecule has 0 saturated heterocycles. The van der Waals surface area contributed by atoms with Gasteiger partial charge in [-0.2, -0.15) is 13.2 Å². The van der Waals surface area contributed by atoms with Crippen molar-refractivity contribution in [3.63, 3.8) is 0 Å². The Bertz CT molecular complexity index is 638. The fourth-order valence-electron chi connectivity index (χ4n) is 1.63. The molecule has 0 atom stereocenters. The highest BCUT2D eigenvalue weighted by Crippen LogP contribution is 2.29. The Balaban J connectivity index is 2.24. The van der Waals surface area contributed by atoms with Crippen LogP contribution in [0.4, 0.5) is 18.9 Å². The molecular formula is C14H11F3N2O. The van der Waals surface area contributed by atoms with E-state index in [9.17, 15) is 18.0 Å². The van der Waals surface area contributed by atoms with Gasteiger partial charge in [-0.3, -0.25) is 9.78 Å². The van der Waals surface area contributed by atoms with Gasteiger partial charge in [0.25, 0.3) is 5.91 Å². The quantitative estimate of drug-likeness (QED) is 0.912. The topological polar surface area (TPSA) is 42.0 Å². The van der Waals surface area contributed by atoms with Crippen LogP contribution in [-0.4, -0.2) is 10.9 Å². The minimum absolute atomic E-state index is 0.0527. The summed E-state index contributed by atoms with van der Waals surface area (Å²) in [6.45, 7) is 1.77. The van der Waals surface area contributed by atoms with E-state index in [4.69, 9.17) is 0 Å². The fraction of sp³-hybridized carbons (Fsp3) is 0.143. The summed E-state index contributed by atoms with van der Waals surface area (Å²) in [5.74, 6) is -0.604. The van der Waals surface area contributed by atoms with Gasteiger partial charge < -0.3 is 5.32 Å². The number of alkyl halides is 3. The molecule has 0 bridgehead atoms. The average Bonchev–Trinajstić information content (AvgIpc) is 2.40. The maximum atomic E-state index is 12.6. The molecule has 2 rings (SSSR count). The van der Waals surface area contributed by atoms with Gasteiger partial charge in [0.1, 0.15) is 0 Å². The van der Waals surface area contributed by atoms with Gasteiger partial charge in [0.15, 0.2) is 0 Å². The number of hydrogen-bond donors (Lipinski definition) is 1. The lowest BCUT2D eigenvalue weighted by Gasteiger charge is -2.10. The zero-order chi connectivity index (χ0) is 14.8. The molecule has 0 aliphatic rings. The van der Waals surface area contributed by atoms with Crippen molar-refractivity contribution in [1.82, 2.24) is 4.98 Å². The number of nitrogens with one attached hydrogen (secondary N) is 1. The SMILES string of the molecule is Cc1ccncc1NC(=O)c1cccc(C(F)(F)F)c1. The van der Waals surface area contributed by atoms with Gasteiger partial charge >= 0.3 is 6.18 Å². The van der Waals surface area contributed by atoms with Gasteiger partial charge in [0.05, 0.1) is 17.4 Å². The molecule has 0 radical (unpaired) electrons. The van der Waals surface area contributed by atoms with Crippen molar-refractivity contribution < 1.29 is 18.0 Å². The second-order valence-electron chi connectivity index (χ2n) is 4.22. The van der Waals surface area contributed by atoms with Gasteiger partial charge in [-0.25, -0.2) is 0 Å². The Morgan fingerprint density at radius 3 is 2.65 bits per heavy atom. The van der Waals surface area contributed by atoms with Crippen LogP contribution in [0.1, 0.15) is 21.5 Å². The molecule has 1 aromatic heterocycles. The number of hydrogen-bond acceptors (Lipinski definition) is 2. The van der Waals surface area contributed by atoms with Crippen LogP contribution in [0.15, 0.2) is 42.7 Å². The monoisotopic (exact) mass is 280 g/mol. The average molecular weight is 280 g/mol. The molecule has 1 amide bonds. The van der Waals surface area contributed by atoms with Crippen molar-refractivity contribution >= 4 is 11.6 Å². The van der Waals surface area contributed by atoms with Crippen molar-refractivity contribution in [3.05, 3.63) is 59.4 Å². The third kappa shape index (κ3) is 3.14. The third-order valence-corrected chi connectivity index (χ3v) is 2.74. The molecule has 0 aliphatic carbocycles. The van der Waals surface area contributed by atoms with Crippen LogP contribution < -0.4 is 5.32 Å². The Kier molecular flexibility index (Phi) is 3.74. The number of halogens is 3. The number of pyridine rings is 1. The highest BCUT2D eigenvalue weighted by atomic mass is 19.4. The molecule has 104 valence electrons. The summed E-state index contributed by atoms with van der Waals surface area (Å²) in [5, 5.41) is 2.54. The van der Waals surface area contributed by atoms with Crippen LogP contribution in [0.2, 0.25) is 0 Å². The zero-order valence-electron chi connectivity index (χ0n) is 10.5. The zero-order valence-corrected chi connectivity index (χ0v) is 10.5. The molecule has 2 aromatic rings. The first-order chi connectivity index (χ1) is 9.38. The molecule has 3 nitrogen and oxygen atoms in total. The van der Waals surface area contributed by atoms with Gasteiger partial charge in [0.2, 0.25) is 0 Å². The molecule has 0 unspecified atom stereocenters. The number of aryl methyl sites for hydroxylation is 1. The van der Waals surface area contributed by atoms with Gasteiger partial charge in [0, 0.05) is 11.8 Å². The summed E-state index contributed by atoms with van der Waals surface area (Å²) in [6, 6.07) is 5.97. The Hall–Kier alpha value is -2.37. The van der Waals surface area contributed by atoms with Crippen molar-refractivity contribution in [1.29, 1.82) is 0 Å². The van der Waals surface area contributed by atoms with Crippen LogP contribution in [0.3, 0.4) is 0 Å². The summed E-state index contributed by atoms with van der Waals surface area (Å²) in [6.07, 6.45) is -1.46. The molecule has 0 fully saturated rings. The first kappa shape index (κ1) is 14.0. The van der Waals surface area contributed by atoms with Crippen LogP contribution in [0.25, 0.3) is 0 Å². The first-order valence-electron chi connectivity index (χ1n) is 5.77. The van der Waals surface area contributed by atoms with Crippen LogP contribution >= 0.6 is 0 Å². The van der Waals surface area contributed by atoms with E-state index in [0.717, 1.165) is 17.7 Å². The summed E-state index contributed by atoms with van der Waals surface area (Å²) in [7, 11) is 0. The smallest absolute Gasteiger partial charge is 0.320 e. The predicted octanol–water partition coefficient (Wildman–Crippen LogP) is 3.66. The summed E-state index contributed by atoms with van der Waals surface area (Å²) >= 11 is 0. The lowest BCUT2D eigenvalue weighted by Crippen LogP contribution is -2.14. The Morgan fingerprint density at radius 1 is 1.25 bits per heavy atom. The van der Waals surface area contributed by atoms with Gasteiger partial charge in [-0.05, 0) is 36.8 Å². The van der Waals surface area contributed by atoms with Crippen LogP contribution in [0.5, 0.6) is 0 Å². The number of benzene rings is 1. The summed E-state index contributed by atoms with van der Waals surface area (Å²) in [4.78, 5) is 15.8. The number of nitrogens with zero attached hydrogens (tertiary/aromatic N) is 1. The second kappa shape index (κ2) is 5.32. The number of amides is 1. The lowest BCUT2D eigenvalue weighted by atomic mass is 10.1. The van der Waals surface area contributed by atoms with E-state index in [1.54, 1.807) is 19.2 Å². The van der Waals surface area contributed by atoms with E-state index < -0.39 is 17.6 Å². The minimum Gasteiger partial charge on any atom is -0.320 e. The fourth-order valence-corrected chi connectivity index (χ4v) is 1.63. The first-order valence-corrected chi connectivity index (χ1v) is 5.77.